The third kappa shape index (κ3) is 3.72. The highest BCUT2D eigenvalue weighted by atomic mass is 16.2. The standard InChI is InChI=1S/C13H15N5O3/c1-18-11(19)6-10(17-18)12(20)15-7-8-2-4-9(5-3-8)16-13(14)21/h2-6,17H,7H2,1H3,(H,15,20)(H3,14,16,21). The first-order chi connectivity index (χ1) is 9.95. The molecule has 1 aromatic carbocycles. The van der Waals surface area contributed by atoms with Crippen molar-refractivity contribution in [2.24, 2.45) is 12.8 Å². The Morgan fingerprint density at radius 3 is 2.48 bits per heavy atom. The van der Waals surface area contributed by atoms with E-state index in [1.807, 2.05) is 0 Å². The molecule has 21 heavy (non-hydrogen) atoms. The van der Waals surface area contributed by atoms with Crippen LogP contribution in [0, 0.1) is 0 Å². The molecule has 0 unspecified atom stereocenters. The summed E-state index contributed by atoms with van der Waals surface area (Å²) >= 11 is 0. The monoisotopic (exact) mass is 289 g/mol. The normalized spacial score (nSPS) is 10.1. The van der Waals surface area contributed by atoms with Crippen LogP contribution in [0.15, 0.2) is 35.1 Å². The quantitative estimate of drug-likeness (QED) is 0.640. The molecular weight excluding hydrogens is 274 g/mol. The average Bonchev–Trinajstić information content (AvgIpc) is 2.77. The Morgan fingerprint density at radius 1 is 1.29 bits per heavy atom. The minimum Gasteiger partial charge on any atom is -0.351 e. The van der Waals surface area contributed by atoms with Crippen LogP contribution in [0.3, 0.4) is 0 Å². The number of rotatable bonds is 4. The number of hydrogen-bond donors (Lipinski definition) is 4. The minimum atomic E-state index is -0.635. The van der Waals surface area contributed by atoms with Crippen molar-refractivity contribution in [2.45, 2.75) is 6.54 Å². The summed E-state index contributed by atoms with van der Waals surface area (Å²) in [6.07, 6.45) is 0. The molecule has 3 amide bonds. The largest absolute Gasteiger partial charge is 0.351 e. The lowest BCUT2D eigenvalue weighted by atomic mass is 10.2. The van der Waals surface area contributed by atoms with E-state index < -0.39 is 6.03 Å². The Labute approximate surface area is 119 Å². The van der Waals surface area contributed by atoms with Gasteiger partial charge in [-0.05, 0) is 17.7 Å². The van der Waals surface area contributed by atoms with Crippen molar-refractivity contribution >= 4 is 17.6 Å². The second kappa shape index (κ2) is 5.95. The number of nitrogens with one attached hydrogen (secondary N) is 3. The van der Waals surface area contributed by atoms with Crippen molar-refractivity contribution in [1.82, 2.24) is 15.1 Å². The number of anilines is 1. The van der Waals surface area contributed by atoms with Crippen LogP contribution in [0.25, 0.3) is 0 Å². The lowest BCUT2D eigenvalue weighted by Crippen LogP contribution is -2.23. The fourth-order valence-electron chi connectivity index (χ4n) is 1.73. The molecule has 0 bridgehead atoms. The molecule has 0 aliphatic carbocycles. The molecular formula is C13H15N5O3. The van der Waals surface area contributed by atoms with Gasteiger partial charge in [-0.25, -0.2) is 4.79 Å². The van der Waals surface area contributed by atoms with E-state index in [1.165, 1.54) is 17.8 Å². The number of nitrogens with zero attached hydrogens (tertiary/aromatic N) is 1. The van der Waals surface area contributed by atoms with Crippen LogP contribution in [0.5, 0.6) is 0 Å². The smallest absolute Gasteiger partial charge is 0.316 e. The van der Waals surface area contributed by atoms with Gasteiger partial charge in [0, 0.05) is 25.3 Å². The molecule has 0 radical (unpaired) electrons. The molecule has 0 aliphatic heterocycles. The van der Waals surface area contributed by atoms with Crippen LogP contribution in [-0.2, 0) is 13.6 Å². The van der Waals surface area contributed by atoms with Crippen LogP contribution in [0.4, 0.5) is 10.5 Å². The Balaban J connectivity index is 1.95. The Kier molecular flexibility index (Phi) is 4.07. The molecule has 2 rings (SSSR count). The summed E-state index contributed by atoms with van der Waals surface area (Å²) in [6, 6.07) is 7.45. The van der Waals surface area contributed by atoms with Gasteiger partial charge in [0.25, 0.3) is 11.5 Å². The number of aryl methyl sites for hydroxylation is 1. The molecule has 0 saturated carbocycles. The zero-order valence-corrected chi connectivity index (χ0v) is 11.3. The summed E-state index contributed by atoms with van der Waals surface area (Å²) in [5.74, 6) is -0.368. The third-order valence-corrected chi connectivity index (χ3v) is 2.81. The highest BCUT2D eigenvalue weighted by molar-refractivity contribution is 5.92. The van der Waals surface area contributed by atoms with E-state index in [0.29, 0.717) is 12.2 Å². The van der Waals surface area contributed by atoms with E-state index in [2.05, 4.69) is 15.7 Å². The molecule has 0 saturated heterocycles. The lowest BCUT2D eigenvalue weighted by Gasteiger charge is -2.06. The maximum atomic E-state index is 11.8. The minimum absolute atomic E-state index is 0.203. The predicted molar refractivity (Wildman–Crippen MR) is 76.9 cm³/mol. The van der Waals surface area contributed by atoms with Gasteiger partial charge in [0.2, 0.25) is 0 Å². The van der Waals surface area contributed by atoms with E-state index in [1.54, 1.807) is 24.3 Å². The summed E-state index contributed by atoms with van der Waals surface area (Å²) in [5, 5.41) is 7.76. The van der Waals surface area contributed by atoms with E-state index in [9.17, 15) is 14.4 Å². The zero-order valence-electron chi connectivity index (χ0n) is 11.3. The number of amides is 3. The first-order valence-corrected chi connectivity index (χ1v) is 6.15. The number of primary amides is 1. The van der Waals surface area contributed by atoms with E-state index in [-0.39, 0.29) is 17.2 Å². The van der Waals surface area contributed by atoms with E-state index >= 15 is 0 Å². The SMILES string of the molecule is Cn1[nH]c(C(=O)NCc2ccc(NC(N)=O)cc2)cc1=O. The van der Waals surface area contributed by atoms with Crippen LogP contribution >= 0.6 is 0 Å². The zero-order chi connectivity index (χ0) is 15.4. The number of nitrogens with two attached hydrogens (primary N) is 1. The van der Waals surface area contributed by atoms with E-state index in [0.717, 1.165) is 5.56 Å². The molecule has 0 fully saturated rings. The second-order valence-electron chi connectivity index (χ2n) is 4.44. The number of H-pyrrole nitrogens is 1. The van der Waals surface area contributed by atoms with Crippen molar-refractivity contribution in [2.75, 3.05) is 5.32 Å². The summed E-state index contributed by atoms with van der Waals surface area (Å²) in [4.78, 5) is 33.8. The van der Waals surface area contributed by atoms with E-state index in [4.69, 9.17) is 5.73 Å². The maximum Gasteiger partial charge on any atom is 0.316 e. The van der Waals surface area contributed by atoms with Gasteiger partial charge < -0.3 is 16.4 Å². The lowest BCUT2D eigenvalue weighted by molar-refractivity contribution is 0.0945. The van der Waals surface area contributed by atoms with Crippen LogP contribution in [0.2, 0.25) is 0 Å². The fourth-order valence-corrected chi connectivity index (χ4v) is 1.73. The molecule has 2 aromatic rings. The fraction of sp³-hybridized carbons (Fsp3) is 0.154. The molecule has 1 heterocycles. The number of aromatic amines is 1. The van der Waals surface area contributed by atoms with Gasteiger partial charge in [0.1, 0.15) is 5.69 Å². The summed E-state index contributed by atoms with van der Waals surface area (Å²) in [5.41, 5.74) is 6.35. The van der Waals surface area contributed by atoms with Crippen LogP contribution in [-0.4, -0.2) is 21.7 Å². The summed E-state index contributed by atoms with van der Waals surface area (Å²) in [7, 11) is 1.53. The van der Waals surface area contributed by atoms with Gasteiger partial charge in [-0.1, -0.05) is 12.1 Å². The second-order valence-corrected chi connectivity index (χ2v) is 4.44. The summed E-state index contributed by atoms with van der Waals surface area (Å²) in [6.45, 7) is 0.298. The Hall–Kier alpha value is -3.03. The molecule has 0 spiro atoms. The first-order valence-electron chi connectivity index (χ1n) is 6.15. The molecule has 5 N–H and O–H groups in total. The van der Waals surface area contributed by atoms with Crippen molar-refractivity contribution in [3.05, 3.63) is 51.9 Å². The molecule has 8 nitrogen and oxygen atoms in total. The molecule has 1 aromatic heterocycles. The number of urea groups is 1. The first kappa shape index (κ1) is 14.4. The Bertz CT molecular complexity index is 714. The number of carbonyl (C=O) groups is 2. The van der Waals surface area contributed by atoms with Gasteiger partial charge in [0.15, 0.2) is 0 Å². The van der Waals surface area contributed by atoms with Gasteiger partial charge in [-0.3, -0.25) is 19.4 Å². The third-order valence-electron chi connectivity index (χ3n) is 2.81. The van der Waals surface area contributed by atoms with Gasteiger partial charge in [-0.2, -0.15) is 0 Å². The molecule has 110 valence electrons. The van der Waals surface area contributed by atoms with Crippen LogP contribution < -0.4 is 21.9 Å². The van der Waals surface area contributed by atoms with Crippen molar-refractivity contribution in [3.63, 3.8) is 0 Å². The van der Waals surface area contributed by atoms with Gasteiger partial charge >= 0.3 is 6.03 Å². The number of benzene rings is 1. The number of aromatic nitrogens is 2. The van der Waals surface area contributed by atoms with Crippen molar-refractivity contribution in [3.8, 4) is 0 Å². The summed E-state index contributed by atoms with van der Waals surface area (Å²) < 4.78 is 1.22. The average molecular weight is 289 g/mol. The van der Waals surface area contributed by atoms with Crippen molar-refractivity contribution in [1.29, 1.82) is 0 Å². The van der Waals surface area contributed by atoms with Gasteiger partial charge in [0.05, 0.1) is 0 Å². The highest BCUT2D eigenvalue weighted by Gasteiger charge is 2.09. The number of hydrogen-bond acceptors (Lipinski definition) is 3. The molecule has 0 aliphatic rings. The topological polar surface area (TPSA) is 122 Å². The Morgan fingerprint density at radius 2 is 1.95 bits per heavy atom. The maximum absolute atomic E-state index is 11.8. The molecule has 0 atom stereocenters. The predicted octanol–water partition coefficient (Wildman–Crippen LogP) is 0.134. The molecule has 8 heteroatoms. The number of carbonyl (C=O) groups excluding carboxylic acids is 2. The highest BCUT2D eigenvalue weighted by Crippen LogP contribution is 2.09. The van der Waals surface area contributed by atoms with Crippen molar-refractivity contribution < 1.29 is 9.59 Å². The van der Waals surface area contributed by atoms with Gasteiger partial charge in [-0.15, -0.1) is 0 Å². The van der Waals surface area contributed by atoms with Crippen LogP contribution in [0.1, 0.15) is 16.1 Å².